The molecule has 0 aromatic rings. The first-order valence-corrected chi connectivity index (χ1v) is 44.6. The van der Waals surface area contributed by atoms with Crippen molar-refractivity contribution >= 4 is 21.6 Å². The predicted molar refractivity (Wildman–Crippen MR) is 442 cm³/mol. The van der Waals surface area contributed by atoms with Crippen molar-refractivity contribution in [3.8, 4) is 0 Å². The number of phosphoric acid groups is 2. The van der Waals surface area contributed by atoms with Gasteiger partial charge >= 0.3 is 21.6 Å². The molecule has 120 heavy (non-hydrogen) atoms. The molecule has 0 bridgehead atoms. The number of hydrogen-bond donors (Lipinski definition) is 18. The SMILES string of the molecule is C/C=C(/C)CC/C=C(/C)CC/C=C(/C)CC/C=C(/C)CC/C=C(/C)CC/C=C(/C)CC/C=C(/C)CC/C=C(/C)CC/C=C(\C)CC/C=C(\C)CC/C=C(\C)COP(=O)(O)OP(=O)(O)O[C@H]1O[C@H](CO)[C@@H](O[C@@H]2O[C@H](CO)[C@@H](O)[C@H](O[C@H]3O[C@H](CO)[C@@H](O)[C@H](O)[C@@H]3O[C@@H]3O[C@H](C(=O)O)[C@@H](O[C@H]4O[C@H](CO)[C@@H](O)[C@H](O)[C@H]4O)[C@H](O)[C@H]3O)[C@H]2O)[C@H](O)[C@H]1O. The Kier molecular flexibility index (Phi) is 47.5. The number of carboxylic acid groups (broad SMARTS) is 1. The number of carbonyl (C=O) groups is 1. The number of aliphatic carboxylic acids is 1. The number of aliphatic hydroxyl groups is 15. The van der Waals surface area contributed by atoms with Crippen LogP contribution < -0.4 is 0 Å². The van der Waals surface area contributed by atoms with Crippen LogP contribution in [0.2, 0.25) is 0 Å². The van der Waals surface area contributed by atoms with Gasteiger partial charge in [0.2, 0.25) is 0 Å². The molecule has 0 saturated carbocycles. The third-order valence-corrected chi connectivity index (χ3v) is 24.6. The minimum atomic E-state index is -5.81. The van der Waals surface area contributed by atoms with Gasteiger partial charge < -0.3 is 134 Å². The number of hydrogen-bond acceptors (Lipinski definition) is 30. The van der Waals surface area contributed by atoms with Crippen molar-refractivity contribution < 1.29 is 161 Å². The highest BCUT2D eigenvalue weighted by atomic mass is 31.3. The zero-order valence-electron chi connectivity index (χ0n) is 71.5. The molecule has 0 aromatic heterocycles. The summed E-state index contributed by atoms with van der Waals surface area (Å²) in [4.78, 5) is 33.7. The summed E-state index contributed by atoms with van der Waals surface area (Å²) in [5.74, 6) is -1.93. The van der Waals surface area contributed by atoms with Crippen molar-refractivity contribution in [2.45, 2.75) is 365 Å². The number of carboxylic acids is 1. The maximum Gasteiger partial charge on any atom is 0.483 e. The van der Waals surface area contributed by atoms with Crippen LogP contribution >= 0.6 is 15.6 Å². The van der Waals surface area contributed by atoms with E-state index in [2.05, 4.69) is 134 Å². The maximum absolute atomic E-state index is 13.2. The van der Waals surface area contributed by atoms with Gasteiger partial charge in [-0.05, 0) is 212 Å². The van der Waals surface area contributed by atoms with Crippen LogP contribution in [0, 0.1) is 0 Å². The highest BCUT2D eigenvalue weighted by Gasteiger charge is 2.58. The topological polar surface area (TPSA) is 526 Å². The fourth-order valence-corrected chi connectivity index (χ4v) is 16.3. The van der Waals surface area contributed by atoms with Crippen molar-refractivity contribution in [2.75, 3.05) is 33.0 Å². The monoisotopic (exact) mass is 1750 g/mol. The first kappa shape index (κ1) is 106. The molecule has 0 amide bonds. The standard InChI is InChI=1S/C85H140O33P2/c1-13-49(2)24-14-25-50(3)26-15-27-51(4)28-16-29-52(5)30-17-31-53(6)32-18-33-54(7)34-19-35-55(8)36-20-37-56(9)38-21-39-57(10)40-22-41-58(11)42-23-43-59(12)48-107-119(103,104)118-120(105,106)117-84-73(99)69(95)75(63(47-89)111-84)112-83-74(100)76(66(92)62(46-88)109-83)113-85-78(68(94)65(91)61(45-87)110-85)115-82-72(98)70(96)77(79(116-82)80(101)102)114-81-71(97)67(93)64(90)60(44-86)108-81/h13,25,27,29,31,33,35,37,39,41,43,60-79,81-100H,14-24,26,28,30,32,34,36,38,40,42,44-48H2,1-12H3,(H,101,102)(H,103,104)(H,105,106)/b49-13-,50-25-,51-27-,52-29-,53-31-,54-33-,55-35-,56-37-,57-39+,58-41+,59-43+/t60-,61-,62-,63-,64-,65-,66-,67+,68+,69-,70-,71-,72-,73-,74-,75-,76+,77+,78+,79+,81-,82-,83+,84-,85-/m1/s1. The molecule has 5 fully saturated rings. The summed E-state index contributed by atoms with van der Waals surface area (Å²) >= 11 is 0. The Hall–Kier alpha value is -4.09. The van der Waals surface area contributed by atoms with Crippen molar-refractivity contribution in [3.63, 3.8) is 0 Å². The number of aliphatic hydroxyl groups excluding tert-OH is 15. The summed E-state index contributed by atoms with van der Waals surface area (Å²) in [6.07, 6.45) is -8.81. The molecule has 5 saturated heterocycles. The lowest BCUT2D eigenvalue weighted by molar-refractivity contribution is -0.398. The van der Waals surface area contributed by atoms with E-state index in [1.165, 1.54) is 50.2 Å². The third kappa shape index (κ3) is 35.3. The minimum Gasteiger partial charge on any atom is -0.479 e. The Morgan fingerprint density at radius 1 is 0.308 bits per heavy atom. The Labute approximate surface area is 706 Å². The smallest absolute Gasteiger partial charge is 0.479 e. The van der Waals surface area contributed by atoms with E-state index in [9.17, 15) is 105 Å². The van der Waals surface area contributed by atoms with Crippen LogP contribution in [-0.4, -0.2) is 284 Å². The average Bonchev–Trinajstić information content (AvgIpc) is 0.767. The maximum atomic E-state index is 13.2. The van der Waals surface area contributed by atoms with E-state index in [0.717, 1.165) is 121 Å². The molecule has 5 rings (SSSR count). The molecule has 0 radical (unpaired) electrons. The lowest BCUT2D eigenvalue weighted by atomic mass is 9.95. The van der Waals surface area contributed by atoms with Crippen LogP contribution in [0.25, 0.3) is 0 Å². The molecule has 0 spiro atoms. The van der Waals surface area contributed by atoms with E-state index in [4.69, 9.17) is 51.7 Å². The van der Waals surface area contributed by atoms with Crippen LogP contribution in [-0.2, 0) is 69.9 Å². The van der Waals surface area contributed by atoms with Gasteiger partial charge in [0, 0.05) is 0 Å². The predicted octanol–water partition coefficient (Wildman–Crippen LogP) is 7.66. The second-order valence-corrected chi connectivity index (χ2v) is 35.4. The second kappa shape index (κ2) is 53.5. The lowest BCUT2D eigenvalue weighted by Crippen LogP contribution is -2.68. The molecule has 33 nitrogen and oxygen atoms in total. The minimum absolute atomic E-state index is 0.450. The van der Waals surface area contributed by atoms with Gasteiger partial charge in [0.15, 0.2) is 37.6 Å². The molecule has 35 heteroatoms. The molecule has 2 unspecified atom stereocenters. The molecule has 5 aliphatic rings. The summed E-state index contributed by atoms with van der Waals surface area (Å²) in [6, 6.07) is 0. The van der Waals surface area contributed by atoms with E-state index >= 15 is 0 Å². The Morgan fingerprint density at radius 3 is 0.975 bits per heavy atom. The van der Waals surface area contributed by atoms with E-state index in [1.54, 1.807) is 13.0 Å². The van der Waals surface area contributed by atoms with Crippen molar-refractivity contribution in [2.24, 2.45) is 0 Å². The molecule has 18 N–H and O–H groups in total. The molecule has 5 heterocycles. The van der Waals surface area contributed by atoms with Gasteiger partial charge in [0.1, 0.15) is 116 Å². The summed E-state index contributed by atoms with van der Waals surface area (Å²) in [6.45, 7) is 20.9. The molecule has 0 aromatic carbocycles. The summed E-state index contributed by atoms with van der Waals surface area (Å²) in [7, 11) is -11.3. The van der Waals surface area contributed by atoms with Crippen LogP contribution in [0.4, 0.5) is 0 Å². The zero-order valence-corrected chi connectivity index (χ0v) is 73.3. The van der Waals surface area contributed by atoms with Gasteiger partial charge in [-0.1, -0.05) is 128 Å². The van der Waals surface area contributed by atoms with Crippen LogP contribution in [0.15, 0.2) is 128 Å². The van der Waals surface area contributed by atoms with Gasteiger partial charge in [-0.15, -0.1) is 0 Å². The van der Waals surface area contributed by atoms with Gasteiger partial charge in [-0.3, -0.25) is 9.05 Å². The summed E-state index contributed by atoms with van der Waals surface area (Å²) < 4.78 is 90.5. The van der Waals surface area contributed by atoms with E-state index in [-0.39, 0.29) is 0 Å². The Morgan fingerprint density at radius 2 is 0.592 bits per heavy atom. The van der Waals surface area contributed by atoms with Gasteiger partial charge in [0.05, 0.1) is 33.0 Å². The van der Waals surface area contributed by atoms with Gasteiger partial charge in [-0.2, -0.15) is 4.31 Å². The normalized spacial score (nSPS) is 34.0. The Bertz CT molecular complexity index is 3560. The van der Waals surface area contributed by atoms with Crippen molar-refractivity contribution in [3.05, 3.63) is 128 Å². The van der Waals surface area contributed by atoms with Gasteiger partial charge in [-0.25, -0.2) is 13.9 Å². The van der Waals surface area contributed by atoms with Crippen molar-refractivity contribution in [1.82, 2.24) is 0 Å². The number of rotatable bonds is 50. The third-order valence-electron chi connectivity index (χ3n) is 22.0. The van der Waals surface area contributed by atoms with Crippen LogP contribution in [0.3, 0.4) is 0 Å². The largest absolute Gasteiger partial charge is 0.483 e. The Balaban J connectivity index is 1.01. The van der Waals surface area contributed by atoms with E-state index in [1.807, 2.05) is 6.92 Å². The second-order valence-electron chi connectivity index (χ2n) is 32.4. The van der Waals surface area contributed by atoms with E-state index < -0.39 is 208 Å². The fraction of sp³-hybridized carbons (Fsp3) is 0.729. The molecule has 5 aliphatic heterocycles. The molecule has 0 aliphatic carbocycles. The molecule has 688 valence electrons. The summed E-state index contributed by atoms with van der Waals surface area (Å²) in [5, 5.41) is 172. The van der Waals surface area contributed by atoms with Gasteiger partial charge in [0.25, 0.3) is 0 Å². The summed E-state index contributed by atoms with van der Waals surface area (Å²) in [5.41, 5.74) is 14.5. The zero-order chi connectivity index (χ0) is 89.3. The number of phosphoric ester groups is 2. The van der Waals surface area contributed by atoms with E-state index in [0.29, 0.717) is 18.4 Å². The molecular weight excluding hydrogens is 1610 g/mol. The highest BCUT2D eigenvalue weighted by molar-refractivity contribution is 7.61. The average molecular weight is 1750 g/mol. The molecule has 27 atom stereocenters. The van der Waals surface area contributed by atoms with Crippen LogP contribution in [0.1, 0.15) is 212 Å². The van der Waals surface area contributed by atoms with Crippen molar-refractivity contribution in [1.29, 1.82) is 0 Å². The first-order valence-electron chi connectivity index (χ1n) is 41.6. The number of ether oxygens (including phenoxy) is 9. The lowest BCUT2D eigenvalue weighted by Gasteiger charge is -2.49. The first-order chi connectivity index (χ1) is 56.7. The fourth-order valence-electron chi connectivity index (χ4n) is 14.1. The number of allylic oxidation sites excluding steroid dienone is 21. The molecular formula is C85H140O33P2. The highest BCUT2D eigenvalue weighted by Crippen LogP contribution is 2.61. The van der Waals surface area contributed by atoms with Crippen LogP contribution in [0.5, 0.6) is 0 Å². The quantitative estimate of drug-likeness (QED) is 0.0205.